The lowest BCUT2D eigenvalue weighted by Gasteiger charge is -2.19. The number of rotatable bonds is 6. The Morgan fingerprint density at radius 1 is 0.818 bits per heavy atom. The molecule has 0 spiro atoms. The molecule has 0 bridgehead atoms. The Hall–Kier alpha value is -4.26. The molecule has 3 amide bonds. The number of imide groups is 1. The van der Waals surface area contributed by atoms with Crippen molar-refractivity contribution in [2.24, 2.45) is 0 Å². The summed E-state index contributed by atoms with van der Waals surface area (Å²) >= 11 is 0. The number of hydrogen-bond acceptors (Lipinski definition) is 5. The number of ether oxygens (including phenoxy) is 1. The highest BCUT2D eigenvalue weighted by molar-refractivity contribution is 6.21. The zero-order valence-electron chi connectivity index (χ0n) is 18.3. The summed E-state index contributed by atoms with van der Waals surface area (Å²) < 4.78 is 4.69. The summed E-state index contributed by atoms with van der Waals surface area (Å²) in [5, 5.41) is 0. The minimum Gasteiger partial charge on any atom is -0.465 e. The average Bonchev–Trinajstić information content (AvgIpc) is 3.08. The highest BCUT2D eigenvalue weighted by Crippen LogP contribution is 2.24. The molecule has 33 heavy (non-hydrogen) atoms. The molecular weight excluding hydrogens is 420 g/mol. The summed E-state index contributed by atoms with van der Waals surface area (Å²) in [5.41, 5.74) is 3.24. The van der Waals surface area contributed by atoms with E-state index in [0.717, 1.165) is 5.56 Å². The molecule has 0 saturated carbocycles. The van der Waals surface area contributed by atoms with Crippen LogP contribution in [0.5, 0.6) is 0 Å². The van der Waals surface area contributed by atoms with Crippen LogP contribution in [-0.4, -0.2) is 47.6 Å². The van der Waals surface area contributed by atoms with Gasteiger partial charge in [0, 0.05) is 19.2 Å². The highest BCUT2D eigenvalue weighted by atomic mass is 16.5. The molecule has 166 valence electrons. The average molecular weight is 442 g/mol. The van der Waals surface area contributed by atoms with Crippen LogP contribution >= 0.6 is 0 Å². The summed E-state index contributed by atoms with van der Waals surface area (Å²) in [4.78, 5) is 52.6. The van der Waals surface area contributed by atoms with Crippen LogP contribution in [-0.2, 0) is 17.8 Å². The molecule has 1 heterocycles. The minimum atomic E-state index is -0.416. The van der Waals surface area contributed by atoms with Gasteiger partial charge in [-0.15, -0.1) is 0 Å². The van der Waals surface area contributed by atoms with Crippen LogP contribution in [0.4, 0.5) is 0 Å². The van der Waals surface area contributed by atoms with E-state index in [1.165, 1.54) is 12.0 Å². The Morgan fingerprint density at radius 3 is 2.06 bits per heavy atom. The fourth-order valence-corrected chi connectivity index (χ4v) is 3.80. The van der Waals surface area contributed by atoms with Crippen LogP contribution < -0.4 is 0 Å². The van der Waals surface area contributed by atoms with Crippen molar-refractivity contribution in [3.05, 3.63) is 106 Å². The maximum Gasteiger partial charge on any atom is 0.337 e. The molecule has 7 heteroatoms. The number of carbonyl (C=O) groups is 4. The molecule has 0 radical (unpaired) electrons. The van der Waals surface area contributed by atoms with E-state index in [4.69, 9.17) is 4.74 Å². The zero-order valence-corrected chi connectivity index (χ0v) is 18.3. The van der Waals surface area contributed by atoms with Gasteiger partial charge in [0.15, 0.2) is 0 Å². The third-order valence-corrected chi connectivity index (χ3v) is 5.53. The molecule has 0 saturated heterocycles. The van der Waals surface area contributed by atoms with E-state index in [1.54, 1.807) is 84.7 Å². The van der Waals surface area contributed by atoms with Gasteiger partial charge >= 0.3 is 5.97 Å². The van der Waals surface area contributed by atoms with Crippen molar-refractivity contribution in [3.63, 3.8) is 0 Å². The molecule has 0 aromatic heterocycles. The molecule has 3 aromatic carbocycles. The van der Waals surface area contributed by atoms with E-state index in [1.807, 2.05) is 0 Å². The minimum absolute atomic E-state index is 0.0895. The number of esters is 1. The maximum atomic E-state index is 13.0. The Balaban J connectivity index is 1.45. The summed E-state index contributed by atoms with van der Waals surface area (Å²) in [5.74, 6) is -1.28. The number of nitrogens with zero attached hydrogens (tertiary/aromatic N) is 2. The monoisotopic (exact) mass is 442 g/mol. The lowest BCUT2D eigenvalue weighted by Crippen LogP contribution is -2.29. The molecule has 0 unspecified atom stereocenters. The topological polar surface area (TPSA) is 84.0 Å². The molecule has 0 atom stereocenters. The predicted octanol–water partition coefficient (Wildman–Crippen LogP) is 3.54. The standard InChI is InChI=1S/C26H22N2O5/c1-27(15-17-10-12-19(13-11-17)26(32)33-2)23(29)20-7-5-6-18(14-20)16-28-24(30)21-8-3-4-9-22(21)25(28)31/h3-14H,15-16H2,1-2H3. The second kappa shape index (κ2) is 9.08. The second-order valence-electron chi connectivity index (χ2n) is 7.79. The van der Waals surface area contributed by atoms with Gasteiger partial charge in [0.05, 0.1) is 30.3 Å². The maximum absolute atomic E-state index is 13.0. The third-order valence-electron chi connectivity index (χ3n) is 5.53. The first-order valence-electron chi connectivity index (χ1n) is 10.4. The highest BCUT2D eigenvalue weighted by Gasteiger charge is 2.35. The molecule has 1 aliphatic heterocycles. The molecule has 7 nitrogen and oxygen atoms in total. The van der Waals surface area contributed by atoms with Crippen molar-refractivity contribution in [2.45, 2.75) is 13.1 Å². The van der Waals surface area contributed by atoms with E-state index in [2.05, 4.69) is 0 Å². The fraction of sp³-hybridized carbons (Fsp3) is 0.154. The van der Waals surface area contributed by atoms with Gasteiger partial charge in [-0.1, -0.05) is 36.4 Å². The molecule has 4 rings (SSSR count). The quantitative estimate of drug-likeness (QED) is 0.431. The number of fused-ring (bicyclic) bond motifs is 1. The van der Waals surface area contributed by atoms with Crippen molar-refractivity contribution in [3.8, 4) is 0 Å². The summed E-state index contributed by atoms with van der Waals surface area (Å²) in [6.07, 6.45) is 0. The summed E-state index contributed by atoms with van der Waals surface area (Å²) in [6, 6.07) is 20.5. The van der Waals surface area contributed by atoms with Crippen molar-refractivity contribution >= 4 is 23.7 Å². The van der Waals surface area contributed by atoms with Crippen molar-refractivity contribution < 1.29 is 23.9 Å². The van der Waals surface area contributed by atoms with Crippen LogP contribution in [0, 0.1) is 0 Å². The Labute approximate surface area is 191 Å². The Kier molecular flexibility index (Phi) is 6.04. The SMILES string of the molecule is COC(=O)c1ccc(CN(C)C(=O)c2cccc(CN3C(=O)c4ccccc4C3=O)c2)cc1. The Bertz CT molecular complexity index is 1210. The van der Waals surface area contributed by atoms with Gasteiger partial charge in [0.25, 0.3) is 17.7 Å². The number of methoxy groups -OCH3 is 1. The normalized spacial score (nSPS) is 12.5. The lowest BCUT2D eigenvalue weighted by atomic mass is 10.1. The third kappa shape index (κ3) is 4.39. The smallest absolute Gasteiger partial charge is 0.337 e. The van der Waals surface area contributed by atoms with E-state index < -0.39 is 5.97 Å². The predicted molar refractivity (Wildman–Crippen MR) is 121 cm³/mol. The molecule has 1 aliphatic rings. The number of hydrogen-bond donors (Lipinski definition) is 0. The van der Waals surface area contributed by atoms with Crippen molar-refractivity contribution in [1.82, 2.24) is 9.80 Å². The molecular formula is C26H22N2O5. The number of carbonyl (C=O) groups excluding carboxylic acids is 4. The van der Waals surface area contributed by atoms with Gasteiger partial charge in [-0.3, -0.25) is 19.3 Å². The van der Waals surface area contributed by atoms with Gasteiger partial charge in [0.1, 0.15) is 0 Å². The van der Waals surface area contributed by atoms with Crippen LogP contribution in [0.3, 0.4) is 0 Å². The van der Waals surface area contributed by atoms with E-state index in [-0.39, 0.29) is 24.3 Å². The van der Waals surface area contributed by atoms with Gasteiger partial charge in [-0.05, 0) is 47.5 Å². The molecule has 3 aromatic rings. The Morgan fingerprint density at radius 2 is 1.45 bits per heavy atom. The van der Waals surface area contributed by atoms with Gasteiger partial charge in [-0.2, -0.15) is 0 Å². The van der Waals surface area contributed by atoms with E-state index in [9.17, 15) is 19.2 Å². The first-order valence-corrected chi connectivity index (χ1v) is 10.4. The van der Waals surface area contributed by atoms with Gasteiger partial charge in [-0.25, -0.2) is 4.79 Å². The van der Waals surface area contributed by atoms with E-state index >= 15 is 0 Å². The first kappa shape index (κ1) is 22.0. The second-order valence-corrected chi connectivity index (χ2v) is 7.79. The van der Waals surface area contributed by atoms with Gasteiger partial charge in [0.2, 0.25) is 0 Å². The number of amides is 3. The van der Waals surface area contributed by atoms with Crippen LogP contribution in [0.1, 0.15) is 52.6 Å². The van der Waals surface area contributed by atoms with Crippen molar-refractivity contribution in [2.75, 3.05) is 14.2 Å². The van der Waals surface area contributed by atoms with Crippen molar-refractivity contribution in [1.29, 1.82) is 0 Å². The van der Waals surface area contributed by atoms with Gasteiger partial charge < -0.3 is 9.64 Å². The molecule has 0 N–H and O–H groups in total. The fourth-order valence-electron chi connectivity index (χ4n) is 3.80. The number of benzene rings is 3. The zero-order chi connectivity index (χ0) is 23.5. The van der Waals surface area contributed by atoms with Crippen LogP contribution in [0.25, 0.3) is 0 Å². The summed E-state index contributed by atoms with van der Waals surface area (Å²) in [6.45, 7) is 0.440. The van der Waals surface area contributed by atoms with Crippen LogP contribution in [0.15, 0.2) is 72.8 Å². The first-order chi connectivity index (χ1) is 15.9. The van der Waals surface area contributed by atoms with E-state index in [0.29, 0.717) is 34.4 Å². The summed E-state index contributed by atoms with van der Waals surface area (Å²) in [7, 11) is 3.01. The lowest BCUT2D eigenvalue weighted by molar-refractivity contribution is 0.0597. The van der Waals surface area contributed by atoms with Crippen LogP contribution in [0.2, 0.25) is 0 Å². The largest absolute Gasteiger partial charge is 0.465 e. The molecule has 0 fully saturated rings. The molecule has 0 aliphatic carbocycles.